The third-order valence-electron chi connectivity index (χ3n) is 15.2. The van der Waals surface area contributed by atoms with Crippen molar-refractivity contribution in [3.63, 3.8) is 0 Å². The Morgan fingerprint density at radius 2 is 0.642 bits per heavy atom. The Morgan fingerprint density at radius 1 is 0.392 bits per heavy atom. The summed E-state index contributed by atoms with van der Waals surface area (Å²) in [6.45, 7) is -49.1. The van der Waals surface area contributed by atoms with Gasteiger partial charge in [-0.3, -0.25) is 24.0 Å². The Labute approximate surface area is 816 Å². The molecule has 120 heavy (non-hydrogen) atoms. The number of likely N-dealkylation sites (N-methyl/N-ethyl adjacent to an activating group) is 5. The van der Waals surface area contributed by atoms with Gasteiger partial charge < -0.3 is 98.1 Å². The lowest BCUT2D eigenvalue weighted by molar-refractivity contribution is -0.131. The average molecular weight is 1720 g/mol. The summed E-state index contributed by atoms with van der Waals surface area (Å²) in [5.74, 6) is -35.3. The third kappa shape index (κ3) is 20.2. The van der Waals surface area contributed by atoms with Gasteiger partial charge in [0, 0.05) is 193 Å². The second-order valence-corrected chi connectivity index (χ2v) is 23.3. The maximum absolute atomic E-state index is 13.2. The van der Waals surface area contributed by atoms with Crippen molar-refractivity contribution in [2.45, 2.75) is 131 Å². The Hall–Kier alpha value is -13.1. The van der Waals surface area contributed by atoms with Crippen molar-refractivity contribution in [2.75, 3.05) is 157 Å². The van der Waals surface area contributed by atoms with Crippen molar-refractivity contribution in [2.24, 2.45) is 29.5 Å². The van der Waals surface area contributed by atoms with Gasteiger partial charge in [0.1, 0.15) is 109 Å². The molecule has 5 aliphatic rings. The van der Waals surface area contributed by atoms with Gasteiger partial charge in [-0.15, -0.1) is 0 Å². The van der Waals surface area contributed by atoms with Crippen LogP contribution in [0.2, 0.25) is 1.41 Å². The van der Waals surface area contributed by atoms with Crippen molar-refractivity contribution in [1.82, 2.24) is 99.3 Å². The monoisotopic (exact) mass is 1710 g/mol. The molecule has 0 unspecified atom stereocenters. The number of aromatic amines is 5. The summed E-state index contributed by atoms with van der Waals surface area (Å²) >= 11 is 0. The lowest BCUT2D eigenvalue weighted by atomic mass is 9.92. The van der Waals surface area contributed by atoms with Crippen LogP contribution in [0, 0.1) is 97.0 Å². The second-order valence-electron chi connectivity index (χ2n) is 23.3. The highest BCUT2D eigenvalue weighted by molar-refractivity contribution is 5.92. The van der Waals surface area contributed by atoms with Crippen LogP contribution in [0.1, 0.15) is 207 Å². The number of aromatic nitrogens is 15. The SMILES string of the molecule is [2H]c1nc(N(C([2H])([2H])[2H])[C@@]2([2H])C([2H])([2H])N(C(=O)C([2H])([2H])[N+]#[C-])C([2H])([2H])C([2H])([2H])[C@@]2([2H])C([2H])([2H])[2H])c2c([2H])c(C)[nH]c2n1.[2H]c1nc(N(C([2H])([2H])[2H])[C@@]2([2H])C([2H])([2H])N(C(=O)C([2H])([2H])[N+]#[C-])C([2H])([2H])C([2H])([2H])[C@@]2([2H])C([2H])([2H])[2H])c2c([2H])c(C)n([2H])c2n1.[2H]c1nc(N(C([2H])([2H])[2H])[C@@]2([2H])C([2H])([2H])N(C(=O)C([2H])([2H])[N+]#[C-])C([2H])([2H])C([2H])([2H])[C@@]2([2H])C)c2c([2H])c(C)[nH]c2n1.[2H]c1nc(N(C([2H])([2H])[2H])[C@]2([2H])[C@H](C([2H])([2H])[2H])C([2H])([2H])C([2H])([2H])N(C(=O)C([2H])([2H])[N+]#[C-])C2([2H])[2H])c2c([2H])c(C)[nH]c2n1.[2H]c1nc(N(C([2H])([2H])[2H])[C@]2([2H])[C@H](C)C([2H])([2H])C([2H])([2H])N(C(=O)C([2H])([2H])[N+]#[C-])C2([2H])[2H])c2c([2H])c(C)[nH]c2n1. The van der Waals surface area contributed by atoms with Gasteiger partial charge in [-0.2, -0.15) is 0 Å². The van der Waals surface area contributed by atoms with E-state index in [2.05, 4.69) is 94.0 Å². The first-order chi connectivity index (χ1) is 89.8. The molecular weight excluding hydrogens is 1520 g/mol. The van der Waals surface area contributed by atoms with Gasteiger partial charge in [0.25, 0.3) is 32.5 Å². The summed E-state index contributed by atoms with van der Waals surface area (Å²) in [6.07, 6.45) is -24.9. The van der Waals surface area contributed by atoms with E-state index in [9.17, 15) is 30.8 Å². The maximum Gasteiger partial charge on any atom is 0.302 e. The molecule has 5 N–H and O–H groups in total. The Morgan fingerprint density at radius 3 is 0.942 bits per heavy atom. The molecule has 0 aliphatic carbocycles. The fourth-order valence-corrected chi connectivity index (χ4v) is 9.99. The predicted molar refractivity (Wildman–Crippen MR) is 463 cm³/mol. The average Bonchev–Trinajstić information content (AvgIpc) is 0.965. The largest absolute Gasteiger partial charge is 0.354 e. The van der Waals surface area contributed by atoms with Crippen LogP contribution in [-0.4, -0.2) is 291 Å². The fourth-order valence-electron chi connectivity index (χ4n) is 9.99. The summed E-state index contributed by atoms with van der Waals surface area (Å²) in [6, 6.07) is -23.3. The van der Waals surface area contributed by atoms with Crippen molar-refractivity contribution in [3.8, 4) is 0 Å². The molecule has 5 amide bonds. The van der Waals surface area contributed by atoms with E-state index in [1.807, 2.05) is 0 Å². The molecule has 630 valence electrons. The van der Waals surface area contributed by atoms with Gasteiger partial charge in [-0.25, -0.2) is 82.7 Å². The number of hydrogen-bond acceptors (Lipinski definition) is 20. The van der Waals surface area contributed by atoms with E-state index in [-0.39, 0.29) is 71.5 Å². The Kier molecular flexibility index (Phi) is 9.86. The number of hydrogen-bond donors (Lipinski definition) is 5. The topological polar surface area (TPSA) is 347 Å². The number of piperidine rings is 5. The van der Waals surface area contributed by atoms with Gasteiger partial charge in [-0.1, -0.05) is 34.4 Å². The number of amides is 5. The minimum atomic E-state index is -4.59. The minimum absolute atomic E-state index is 0.0151. The number of nitrogens with zero attached hydrogens (tertiary/aromatic N) is 25. The van der Waals surface area contributed by atoms with Crippen LogP contribution < -0.4 is 24.5 Å². The minimum Gasteiger partial charge on any atom is -0.354 e. The lowest BCUT2D eigenvalue weighted by Gasteiger charge is -2.41. The number of H-pyrrole nitrogens is 5. The van der Waals surface area contributed by atoms with Gasteiger partial charge in [0.05, 0.1) is 84.4 Å². The van der Waals surface area contributed by atoms with Gasteiger partial charge in [0.2, 0.25) is 0 Å². The molecule has 5 saturated heterocycles. The molecule has 35 nitrogen and oxygen atoms in total. The fraction of sp³-hybridized carbons (Fsp3) is 0.529. The van der Waals surface area contributed by atoms with E-state index in [4.69, 9.17) is 140 Å². The zero-order valence-corrected chi connectivity index (χ0v) is 61.8. The molecule has 35 heteroatoms. The molecule has 0 saturated carbocycles. The summed E-state index contributed by atoms with van der Waals surface area (Å²) < 4.78 is 690. The zero-order chi connectivity index (χ0) is 159. The van der Waals surface area contributed by atoms with Crippen LogP contribution in [0.4, 0.5) is 29.1 Å². The number of carbonyl (C=O) groups is 5. The molecule has 10 aromatic heterocycles. The van der Waals surface area contributed by atoms with Gasteiger partial charge >= 0.3 is 29.5 Å². The smallest absolute Gasteiger partial charge is 0.302 e. The summed E-state index contributed by atoms with van der Waals surface area (Å²) in [5.41, 5.74) is -2.02. The van der Waals surface area contributed by atoms with Crippen molar-refractivity contribution >= 4 is 114 Å². The Bertz CT molecular complexity index is 9720. The predicted octanol–water partition coefficient (Wildman–Crippen LogP) is 9.29. The van der Waals surface area contributed by atoms with E-state index in [1.165, 1.54) is 27.7 Å². The number of carbonyl (C=O) groups excluding carboxylic acids is 5. The van der Waals surface area contributed by atoms with Crippen molar-refractivity contribution in [1.29, 1.82) is 0 Å². The molecule has 15 heterocycles. The molecule has 5 fully saturated rings. The number of aryl methyl sites for hydroxylation is 4. The number of rotatable bonds is 15. The summed E-state index contributed by atoms with van der Waals surface area (Å²) in [5, 5.41) is -2.81. The quantitative estimate of drug-likeness (QED) is 0.0597. The highest BCUT2D eigenvalue weighted by atomic mass is 16.2. The van der Waals surface area contributed by atoms with E-state index in [1.54, 1.807) is 0 Å². The molecule has 0 aromatic carbocycles. The van der Waals surface area contributed by atoms with Crippen molar-refractivity contribution in [3.05, 3.63) is 147 Å². The molecular formula is C85H110N30O5. The van der Waals surface area contributed by atoms with E-state index in [0.717, 1.165) is 13.8 Å². The molecule has 5 aliphatic heterocycles. The number of anilines is 5. The second kappa shape index (κ2) is 39.4. The molecule has 0 spiro atoms. The highest BCUT2D eigenvalue weighted by Crippen LogP contribution is 2.36. The van der Waals surface area contributed by atoms with Crippen LogP contribution >= 0.6 is 0 Å². The number of likely N-dealkylation sites (tertiary alicyclic amines) is 5. The van der Waals surface area contributed by atoms with E-state index < -0.39 is 426 Å². The molecule has 15 rings (SSSR count). The lowest BCUT2D eigenvalue weighted by Crippen LogP contribution is -2.53. The van der Waals surface area contributed by atoms with E-state index in [0.29, 0.717) is 11.9 Å². The standard InChI is InChI=1S/5C17H22N6O/c5*1-11-5-6-23(15(24)8-18-3)9-14(11)22(4)17-13-7-12(2)21-16(13)19-10-20-17/h5*7,10-11,14H,5-6,8-9H2,1-2,4H3,(H,19,20,21)/t5*11-,14+/m11111/s1/i2*1D3,4D3,5D2,6D2,7D,8D2,9D2,10D,11D,14D;4D3,5D2,6D2,7D,8D2,9D2,10D,11D,14D;1D3,4D3,5D2,6D2,7D,8D2,9D2,10D,14D;4D3,5D2,6D2,7D,8D2,9D2,10D,14D/hD. The first-order valence-corrected chi connectivity index (χ1v) is 32.7. The van der Waals surface area contributed by atoms with Crippen LogP contribution in [0.15, 0.2) is 61.7 Å². The summed E-state index contributed by atoms with van der Waals surface area (Å²) in [7, 11) is 0. The molecule has 0 radical (unpaired) electrons. The van der Waals surface area contributed by atoms with Crippen LogP contribution in [-0.2, 0) is 24.0 Å². The van der Waals surface area contributed by atoms with Gasteiger partial charge in [0.15, 0.2) is 1.41 Å². The zero-order valence-electron chi connectivity index (χ0n) is 145. The molecule has 10 aromatic rings. The first-order valence-electron chi connectivity index (χ1n) is 74.1. The normalized spacial score (nSPS) is 43.6. The van der Waals surface area contributed by atoms with E-state index >= 15 is 0 Å². The van der Waals surface area contributed by atoms with Gasteiger partial charge in [-0.05, 0) is 126 Å². The van der Waals surface area contributed by atoms with Crippen LogP contribution in [0.3, 0.4) is 0 Å². The summed E-state index contributed by atoms with van der Waals surface area (Å²) in [4.78, 5) is 120. The molecule has 0 bridgehead atoms. The number of nitrogens with one attached hydrogen (secondary N) is 5. The Balaban J connectivity index is 0.000000233. The third-order valence-corrected chi connectivity index (χ3v) is 15.2. The van der Waals surface area contributed by atoms with Crippen molar-refractivity contribution < 1.29 is 138 Å². The van der Waals surface area contributed by atoms with Crippen LogP contribution in [0.5, 0.6) is 0 Å². The van der Waals surface area contributed by atoms with Crippen LogP contribution in [0.25, 0.3) is 79.4 Å². The first kappa shape index (κ1) is 30.0. The maximum atomic E-state index is 13.2. The highest BCUT2D eigenvalue weighted by Gasteiger charge is 2.39. The number of fused-ring (bicyclic) bond motifs is 5. The molecule has 10 atom stereocenters.